The Morgan fingerprint density at radius 2 is 0.905 bits per heavy atom. The summed E-state index contributed by atoms with van der Waals surface area (Å²) in [5.74, 6) is -2.36. The van der Waals surface area contributed by atoms with Crippen LogP contribution >= 0.6 is 0 Å². The molecule has 0 bridgehead atoms. The third-order valence-electron chi connectivity index (χ3n) is 2.29. The normalized spacial score (nSPS) is 8.76. The predicted molar refractivity (Wildman–Crippen MR) is 76.1 cm³/mol. The Kier molecular flexibility index (Phi) is 8.45. The van der Waals surface area contributed by atoms with E-state index in [1.807, 2.05) is 0 Å². The first-order valence-corrected chi connectivity index (χ1v) is 5.54. The molecule has 2 aromatic rings. The van der Waals surface area contributed by atoms with E-state index >= 15 is 0 Å². The van der Waals surface area contributed by atoms with Gasteiger partial charge in [0, 0.05) is 11.4 Å². The second-order valence-electron chi connectivity index (χ2n) is 3.82. The number of nitrogen functional groups attached to an aromatic ring is 2. The summed E-state index contributed by atoms with van der Waals surface area (Å²) in [5.41, 5.74) is 12.0. The van der Waals surface area contributed by atoms with Crippen LogP contribution in [0.1, 0.15) is 20.7 Å². The minimum atomic E-state index is -1.18. The summed E-state index contributed by atoms with van der Waals surface area (Å²) < 4.78 is 0. The number of rotatable bonds is 2. The summed E-state index contributed by atoms with van der Waals surface area (Å²) in [6.45, 7) is 0. The molecule has 2 rings (SSSR count). The maximum atomic E-state index is 10.2. The fourth-order valence-corrected chi connectivity index (χ4v) is 1.24. The van der Waals surface area contributed by atoms with Crippen molar-refractivity contribution in [1.29, 1.82) is 0 Å². The molecular formula is C14H12CaN2O4. The second-order valence-corrected chi connectivity index (χ2v) is 3.82. The van der Waals surface area contributed by atoms with Gasteiger partial charge in [-0.1, -0.05) is 24.3 Å². The molecule has 21 heavy (non-hydrogen) atoms. The molecule has 2 aromatic carbocycles. The van der Waals surface area contributed by atoms with Crippen LogP contribution in [0, 0.1) is 0 Å². The maximum Gasteiger partial charge on any atom is 2.00 e. The largest absolute Gasteiger partial charge is 2.00 e. The van der Waals surface area contributed by atoms with Gasteiger partial charge in [0.2, 0.25) is 0 Å². The van der Waals surface area contributed by atoms with Crippen LogP contribution in [0.3, 0.4) is 0 Å². The Bertz CT molecular complexity index is 542. The van der Waals surface area contributed by atoms with Crippen LogP contribution in [-0.4, -0.2) is 49.7 Å². The summed E-state index contributed by atoms with van der Waals surface area (Å²) in [5, 5.41) is 20.3. The Hall–Kier alpha value is -1.76. The number of carbonyl (C=O) groups is 2. The van der Waals surface area contributed by atoms with Crippen LogP contribution in [0.25, 0.3) is 0 Å². The third kappa shape index (κ3) is 6.99. The smallest absolute Gasteiger partial charge is 0.545 e. The summed E-state index contributed by atoms with van der Waals surface area (Å²) in [7, 11) is 0. The van der Waals surface area contributed by atoms with Crippen LogP contribution in [0.5, 0.6) is 0 Å². The summed E-state index contributed by atoms with van der Waals surface area (Å²) in [6, 6.07) is 11.7. The van der Waals surface area contributed by atoms with E-state index in [4.69, 9.17) is 11.5 Å². The van der Waals surface area contributed by atoms with Crippen molar-refractivity contribution in [2.75, 3.05) is 11.5 Å². The SMILES string of the molecule is Nc1ccc(C(=O)[O-])cc1.Nc1ccc(C(=O)[O-])cc1.[Ca+2]. The van der Waals surface area contributed by atoms with E-state index in [2.05, 4.69) is 0 Å². The van der Waals surface area contributed by atoms with Crippen molar-refractivity contribution in [3.63, 3.8) is 0 Å². The fourth-order valence-electron chi connectivity index (χ4n) is 1.24. The summed E-state index contributed by atoms with van der Waals surface area (Å²) in [6.07, 6.45) is 0. The minimum Gasteiger partial charge on any atom is -0.545 e. The van der Waals surface area contributed by atoms with Gasteiger partial charge in [-0.05, 0) is 35.4 Å². The van der Waals surface area contributed by atoms with Crippen LogP contribution in [-0.2, 0) is 0 Å². The van der Waals surface area contributed by atoms with E-state index < -0.39 is 11.9 Å². The Balaban J connectivity index is 0.000000364. The Morgan fingerprint density at radius 3 is 1.10 bits per heavy atom. The minimum absolute atomic E-state index is 0. The molecule has 0 saturated carbocycles. The molecule has 0 fully saturated rings. The van der Waals surface area contributed by atoms with Crippen molar-refractivity contribution in [3.8, 4) is 0 Å². The standard InChI is InChI=1S/2C7H7NO2.Ca/c2*8-6-3-1-5(2-4-6)7(9)10;/h2*1-4H,8H2,(H,9,10);/q;;+2/p-2. The van der Waals surface area contributed by atoms with Gasteiger partial charge < -0.3 is 31.3 Å². The van der Waals surface area contributed by atoms with Crippen molar-refractivity contribution in [1.82, 2.24) is 0 Å². The van der Waals surface area contributed by atoms with E-state index in [-0.39, 0.29) is 48.9 Å². The zero-order chi connectivity index (χ0) is 15.1. The van der Waals surface area contributed by atoms with Gasteiger partial charge in [-0.15, -0.1) is 0 Å². The van der Waals surface area contributed by atoms with Gasteiger partial charge in [-0.3, -0.25) is 0 Å². The average Bonchev–Trinajstić information content (AvgIpc) is 2.40. The molecular weight excluding hydrogens is 300 g/mol. The maximum absolute atomic E-state index is 10.2. The quantitative estimate of drug-likeness (QED) is 0.533. The molecule has 0 aliphatic heterocycles. The molecule has 4 N–H and O–H groups in total. The number of benzene rings is 2. The molecule has 0 aromatic heterocycles. The number of aromatic carboxylic acids is 2. The van der Waals surface area contributed by atoms with Gasteiger partial charge in [0.1, 0.15) is 0 Å². The van der Waals surface area contributed by atoms with Gasteiger partial charge in [0.05, 0.1) is 11.9 Å². The van der Waals surface area contributed by atoms with E-state index in [9.17, 15) is 19.8 Å². The number of carboxylic acid groups (broad SMARTS) is 2. The molecule has 7 heteroatoms. The van der Waals surface area contributed by atoms with Crippen LogP contribution < -0.4 is 21.7 Å². The van der Waals surface area contributed by atoms with Crippen molar-refractivity contribution >= 4 is 61.1 Å². The van der Waals surface area contributed by atoms with Gasteiger partial charge in [-0.25, -0.2) is 0 Å². The number of carboxylic acids is 2. The van der Waals surface area contributed by atoms with Crippen LogP contribution in [0.2, 0.25) is 0 Å². The molecule has 0 heterocycles. The molecule has 0 saturated heterocycles. The van der Waals surface area contributed by atoms with Gasteiger partial charge in [0.25, 0.3) is 0 Å². The first-order valence-electron chi connectivity index (χ1n) is 5.54. The first-order chi connectivity index (χ1) is 9.40. The van der Waals surface area contributed by atoms with Gasteiger partial charge >= 0.3 is 37.7 Å². The molecule has 0 radical (unpaired) electrons. The van der Waals surface area contributed by atoms with Crippen LogP contribution in [0.4, 0.5) is 11.4 Å². The topological polar surface area (TPSA) is 132 Å². The number of hydrogen-bond acceptors (Lipinski definition) is 6. The molecule has 0 aliphatic rings. The average molecular weight is 312 g/mol. The third-order valence-corrected chi connectivity index (χ3v) is 2.29. The Morgan fingerprint density at radius 1 is 0.667 bits per heavy atom. The summed E-state index contributed by atoms with van der Waals surface area (Å²) >= 11 is 0. The fraction of sp³-hybridized carbons (Fsp3) is 0. The van der Waals surface area contributed by atoms with Crippen LogP contribution in [0.15, 0.2) is 48.5 Å². The van der Waals surface area contributed by atoms with E-state index in [0.29, 0.717) is 11.4 Å². The Labute approximate surface area is 151 Å². The molecule has 0 spiro atoms. The molecule has 0 unspecified atom stereocenters. The van der Waals surface area contributed by atoms with Crippen molar-refractivity contribution in [2.24, 2.45) is 0 Å². The van der Waals surface area contributed by atoms with Gasteiger partial charge in [0.15, 0.2) is 0 Å². The zero-order valence-electron chi connectivity index (χ0n) is 11.1. The van der Waals surface area contributed by atoms with E-state index in [1.165, 1.54) is 48.5 Å². The molecule has 104 valence electrons. The number of nitrogens with two attached hydrogens (primary N) is 2. The molecule has 0 aliphatic carbocycles. The van der Waals surface area contributed by atoms with Crippen molar-refractivity contribution < 1.29 is 19.8 Å². The first kappa shape index (κ1) is 19.2. The second kappa shape index (κ2) is 9.23. The number of hydrogen-bond donors (Lipinski definition) is 2. The number of anilines is 2. The zero-order valence-corrected chi connectivity index (χ0v) is 13.3. The van der Waals surface area contributed by atoms with E-state index in [1.54, 1.807) is 0 Å². The molecule has 6 nitrogen and oxygen atoms in total. The van der Waals surface area contributed by atoms with Crippen molar-refractivity contribution in [3.05, 3.63) is 59.7 Å². The predicted octanol–water partition coefficient (Wildman–Crippen LogP) is -1.12. The monoisotopic (exact) mass is 312 g/mol. The van der Waals surface area contributed by atoms with Gasteiger partial charge in [-0.2, -0.15) is 0 Å². The number of carbonyl (C=O) groups excluding carboxylic acids is 2. The van der Waals surface area contributed by atoms with E-state index in [0.717, 1.165) is 0 Å². The van der Waals surface area contributed by atoms with Crippen molar-refractivity contribution in [2.45, 2.75) is 0 Å². The molecule has 0 atom stereocenters. The summed E-state index contributed by atoms with van der Waals surface area (Å²) in [4.78, 5) is 20.3. The molecule has 0 amide bonds.